The Morgan fingerprint density at radius 2 is 2.35 bits per heavy atom. The van der Waals surface area contributed by atoms with E-state index in [0.29, 0.717) is 11.7 Å². The van der Waals surface area contributed by atoms with Gasteiger partial charge < -0.3 is 20.7 Å². The van der Waals surface area contributed by atoms with Gasteiger partial charge in [0.2, 0.25) is 0 Å². The standard InChI is InChI=1S/C13H19N5OS/c1-20-6-9-4-18(5-10(9)19)3-8-2-15-12-11(8)16-7-17-13(12)14/h2,7,9-10,15,19H,3-6H2,1H3,(H2,14,16,17)/p+1. The summed E-state index contributed by atoms with van der Waals surface area (Å²) in [6.45, 7) is 2.67. The smallest absolute Gasteiger partial charge is 0.151 e. The van der Waals surface area contributed by atoms with Gasteiger partial charge in [-0.3, -0.25) is 0 Å². The number of likely N-dealkylation sites (tertiary alicyclic amines) is 1. The van der Waals surface area contributed by atoms with Crippen molar-refractivity contribution in [3.8, 4) is 0 Å². The Balaban J connectivity index is 1.76. The van der Waals surface area contributed by atoms with Crippen LogP contribution < -0.4 is 10.6 Å². The molecular weight excluding hydrogens is 274 g/mol. The first kappa shape index (κ1) is 13.7. The largest absolute Gasteiger partial charge is 0.387 e. The van der Waals surface area contributed by atoms with Gasteiger partial charge in [0.15, 0.2) is 5.82 Å². The SMILES string of the molecule is CSCC1C[NH+](Cc2c[nH]c3c(N)ncnc23)CC1O. The number of anilines is 1. The third-order valence-corrected chi connectivity index (χ3v) is 4.75. The molecular formula is C13H20N5OS+. The molecule has 0 aromatic carbocycles. The van der Waals surface area contributed by atoms with Crippen LogP contribution in [0.15, 0.2) is 12.5 Å². The van der Waals surface area contributed by atoms with E-state index in [1.54, 1.807) is 11.8 Å². The van der Waals surface area contributed by atoms with Crippen LogP contribution in [0.3, 0.4) is 0 Å². The van der Waals surface area contributed by atoms with Crippen molar-refractivity contribution < 1.29 is 10.0 Å². The van der Waals surface area contributed by atoms with Gasteiger partial charge in [-0.25, -0.2) is 9.97 Å². The maximum atomic E-state index is 10.1. The van der Waals surface area contributed by atoms with E-state index in [1.165, 1.54) is 11.2 Å². The molecule has 2 aromatic heterocycles. The highest BCUT2D eigenvalue weighted by molar-refractivity contribution is 7.98. The lowest BCUT2D eigenvalue weighted by atomic mass is 10.1. The number of rotatable bonds is 4. The number of nitrogens with one attached hydrogen (secondary N) is 2. The summed E-state index contributed by atoms with van der Waals surface area (Å²) in [7, 11) is 0. The molecule has 3 rings (SSSR count). The molecule has 6 nitrogen and oxygen atoms in total. The Bertz CT molecular complexity index is 601. The van der Waals surface area contributed by atoms with E-state index in [2.05, 4.69) is 21.2 Å². The Morgan fingerprint density at radius 3 is 3.15 bits per heavy atom. The fourth-order valence-electron chi connectivity index (χ4n) is 3.00. The minimum atomic E-state index is -0.192. The molecule has 108 valence electrons. The van der Waals surface area contributed by atoms with Crippen molar-refractivity contribution in [2.75, 3.05) is 30.8 Å². The lowest BCUT2D eigenvalue weighted by Crippen LogP contribution is -3.09. The molecule has 0 spiro atoms. The summed E-state index contributed by atoms with van der Waals surface area (Å²) in [5, 5.41) is 10.1. The summed E-state index contributed by atoms with van der Waals surface area (Å²) in [5.74, 6) is 1.90. The average molecular weight is 294 g/mol. The van der Waals surface area contributed by atoms with Crippen molar-refractivity contribution >= 4 is 28.6 Å². The number of nitrogen functional groups attached to an aromatic ring is 1. The second kappa shape index (κ2) is 5.59. The third-order valence-electron chi connectivity index (χ3n) is 3.99. The summed E-state index contributed by atoms with van der Waals surface area (Å²) in [5.41, 5.74) is 8.67. The first-order valence-corrected chi connectivity index (χ1v) is 8.15. The van der Waals surface area contributed by atoms with Crippen molar-refractivity contribution in [2.45, 2.75) is 12.6 Å². The van der Waals surface area contributed by atoms with Gasteiger partial charge in [-0.15, -0.1) is 0 Å². The first-order valence-electron chi connectivity index (χ1n) is 6.76. The van der Waals surface area contributed by atoms with Crippen molar-refractivity contribution in [2.24, 2.45) is 5.92 Å². The zero-order valence-corrected chi connectivity index (χ0v) is 12.3. The van der Waals surface area contributed by atoms with Crippen molar-refractivity contribution in [1.82, 2.24) is 15.0 Å². The number of aromatic amines is 1. The van der Waals surface area contributed by atoms with E-state index < -0.39 is 0 Å². The molecule has 0 aliphatic carbocycles. The van der Waals surface area contributed by atoms with Gasteiger partial charge in [-0.05, 0) is 6.26 Å². The molecule has 3 atom stereocenters. The number of quaternary nitrogens is 1. The molecule has 1 aliphatic heterocycles. The van der Waals surface area contributed by atoms with Crippen LogP contribution in [-0.4, -0.2) is 51.3 Å². The molecule has 0 bridgehead atoms. The fraction of sp³-hybridized carbons (Fsp3) is 0.538. The summed E-state index contributed by atoms with van der Waals surface area (Å²) < 4.78 is 0. The minimum absolute atomic E-state index is 0.192. The van der Waals surface area contributed by atoms with Gasteiger partial charge in [0, 0.05) is 17.9 Å². The Kier molecular flexibility index (Phi) is 3.82. The number of aromatic nitrogens is 3. The molecule has 0 radical (unpaired) electrons. The Hall–Kier alpha value is -1.31. The van der Waals surface area contributed by atoms with Gasteiger partial charge in [0.05, 0.1) is 12.1 Å². The van der Waals surface area contributed by atoms with Gasteiger partial charge in [-0.1, -0.05) is 0 Å². The van der Waals surface area contributed by atoms with E-state index in [9.17, 15) is 5.11 Å². The Morgan fingerprint density at radius 1 is 1.50 bits per heavy atom. The number of nitrogens with zero attached hydrogens (tertiary/aromatic N) is 2. The van der Waals surface area contributed by atoms with E-state index >= 15 is 0 Å². The topological polar surface area (TPSA) is 92.3 Å². The maximum absolute atomic E-state index is 10.1. The van der Waals surface area contributed by atoms with E-state index in [4.69, 9.17) is 5.73 Å². The fourth-order valence-corrected chi connectivity index (χ4v) is 3.77. The summed E-state index contributed by atoms with van der Waals surface area (Å²) in [6.07, 6.45) is 5.35. The molecule has 1 fully saturated rings. The van der Waals surface area contributed by atoms with Gasteiger partial charge in [-0.2, -0.15) is 11.8 Å². The van der Waals surface area contributed by atoms with Crippen LogP contribution in [0.4, 0.5) is 5.82 Å². The van der Waals surface area contributed by atoms with Crippen LogP contribution in [0.2, 0.25) is 0 Å². The second-order valence-corrected chi connectivity index (χ2v) is 6.32. The molecule has 0 amide bonds. The third kappa shape index (κ3) is 2.48. The zero-order valence-electron chi connectivity index (χ0n) is 11.5. The lowest BCUT2D eigenvalue weighted by Gasteiger charge is -2.11. The van der Waals surface area contributed by atoms with Crippen molar-refractivity contribution in [3.63, 3.8) is 0 Å². The van der Waals surface area contributed by atoms with Crippen molar-refractivity contribution in [3.05, 3.63) is 18.1 Å². The molecule has 5 N–H and O–H groups in total. The van der Waals surface area contributed by atoms with E-state index in [1.807, 2.05) is 6.20 Å². The number of fused-ring (bicyclic) bond motifs is 1. The molecule has 0 saturated carbocycles. The van der Waals surface area contributed by atoms with Crippen LogP contribution in [0, 0.1) is 5.92 Å². The van der Waals surface area contributed by atoms with E-state index in [-0.39, 0.29) is 6.10 Å². The highest BCUT2D eigenvalue weighted by Gasteiger charge is 2.34. The summed E-state index contributed by atoms with van der Waals surface area (Å²) in [6, 6.07) is 0. The first-order chi connectivity index (χ1) is 9.69. The molecule has 3 heterocycles. The quantitative estimate of drug-likeness (QED) is 0.597. The highest BCUT2D eigenvalue weighted by Crippen LogP contribution is 2.19. The predicted molar refractivity (Wildman–Crippen MR) is 80.6 cm³/mol. The van der Waals surface area contributed by atoms with Gasteiger partial charge in [0.25, 0.3) is 0 Å². The monoisotopic (exact) mass is 294 g/mol. The lowest BCUT2D eigenvalue weighted by molar-refractivity contribution is -0.903. The zero-order chi connectivity index (χ0) is 14.1. The van der Waals surface area contributed by atoms with Gasteiger partial charge in [0.1, 0.15) is 36.6 Å². The average Bonchev–Trinajstić information content (AvgIpc) is 2.97. The van der Waals surface area contributed by atoms with Crippen LogP contribution in [-0.2, 0) is 6.54 Å². The van der Waals surface area contributed by atoms with E-state index in [0.717, 1.165) is 42.0 Å². The number of aliphatic hydroxyl groups excluding tert-OH is 1. The number of hydrogen-bond donors (Lipinski definition) is 4. The van der Waals surface area contributed by atoms with Crippen LogP contribution in [0.1, 0.15) is 5.56 Å². The minimum Gasteiger partial charge on any atom is -0.387 e. The number of thioether (sulfide) groups is 1. The van der Waals surface area contributed by atoms with Gasteiger partial charge >= 0.3 is 0 Å². The number of aliphatic hydroxyl groups is 1. The molecule has 1 aliphatic rings. The molecule has 2 aromatic rings. The predicted octanol–water partition coefficient (Wildman–Crippen LogP) is -0.721. The number of hydrogen-bond acceptors (Lipinski definition) is 5. The van der Waals surface area contributed by atoms with Crippen LogP contribution >= 0.6 is 11.8 Å². The summed E-state index contributed by atoms with van der Waals surface area (Å²) >= 11 is 1.80. The highest BCUT2D eigenvalue weighted by atomic mass is 32.2. The number of nitrogens with two attached hydrogens (primary N) is 1. The molecule has 20 heavy (non-hydrogen) atoms. The van der Waals surface area contributed by atoms with Crippen molar-refractivity contribution in [1.29, 1.82) is 0 Å². The molecule has 7 heteroatoms. The van der Waals surface area contributed by atoms with Crippen LogP contribution in [0.25, 0.3) is 11.0 Å². The second-order valence-electron chi connectivity index (χ2n) is 5.41. The Labute approximate surface area is 121 Å². The number of H-pyrrole nitrogens is 1. The molecule has 1 saturated heterocycles. The maximum Gasteiger partial charge on any atom is 0.151 e. The summed E-state index contributed by atoms with van der Waals surface area (Å²) in [4.78, 5) is 12.8. The molecule has 3 unspecified atom stereocenters. The normalized spacial score (nSPS) is 26.4. The van der Waals surface area contributed by atoms with Crippen LogP contribution in [0.5, 0.6) is 0 Å².